The number of benzene rings is 1. The molecule has 0 saturated carbocycles. The fraction of sp³-hybridized carbons (Fsp3) is 0.538. The summed E-state index contributed by atoms with van der Waals surface area (Å²) in [6.45, 7) is 3.56. The van der Waals surface area contributed by atoms with Crippen molar-refractivity contribution in [2.24, 2.45) is 5.92 Å². The van der Waals surface area contributed by atoms with E-state index in [9.17, 15) is 13.2 Å². The molecule has 0 aromatic heterocycles. The Kier molecular flexibility index (Phi) is 3.43. The molecule has 1 saturated heterocycles. The molecule has 0 atom stereocenters. The van der Waals surface area contributed by atoms with Crippen LogP contribution in [0.15, 0.2) is 18.2 Å². The predicted molar refractivity (Wildman–Crippen MR) is 60.9 cm³/mol. The van der Waals surface area contributed by atoms with Crippen LogP contribution < -0.4 is 5.32 Å². The first-order valence-electron chi connectivity index (χ1n) is 5.84. The lowest BCUT2D eigenvalue weighted by Gasteiger charge is -2.27. The van der Waals surface area contributed by atoms with Gasteiger partial charge in [-0.2, -0.15) is 13.2 Å². The van der Waals surface area contributed by atoms with Gasteiger partial charge in [-0.05, 0) is 50.4 Å². The largest absolute Gasteiger partial charge is 0.416 e. The molecule has 1 aromatic carbocycles. The molecule has 4 heteroatoms. The summed E-state index contributed by atoms with van der Waals surface area (Å²) < 4.78 is 38.5. The molecule has 17 heavy (non-hydrogen) atoms. The van der Waals surface area contributed by atoms with Gasteiger partial charge in [-0.25, -0.2) is 0 Å². The Morgan fingerprint density at radius 2 is 2.00 bits per heavy atom. The van der Waals surface area contributed by atoms with Crippen LogP contribution in [0, 0.1) is 12.8 Å². The van der Waals surface area contributed by atoms with Crippen LogP contribution >= 0.6 is 0 Å². The number of aryl methyl sites for hydroxylation is 2. The van der Waals surface area contributed by atoms with Gasteiger partial charge in [0.15, 0.2) is 0 Å². The molecule has 1 aromatic rings. The highest BCUT2D eigenvalue weighted by Crippen LogP contribution is 2.33. The molecule has 0 unspecified atom stereocenters. The quantitative estimate of drug-likeness (QED) is 0.859. The summed E-state index contributed by atoms with van der Waals surface area (Å²) in [6.07, 6.45) is -2.89. The Morgan fingerprint density at radius 3 is 2.53 bits per heavy atom. The Hall–Kier alpha value is -1.03. The second kappa shape index (κ2) is 4.69. The van der Waals surface area contributed by atoms with Crippen LogP contribution in [-0.2, 0) is 12.6 Å². The van der Waals surface area contributed by atoms with Crippen molar-refractivity contribution in [3.8, 4) is 0 Å². The summed E-state index contributed by atoms with van der Waals surface area (Å²) in [5.41, 5.74) is 0.617. The third-order valence-electron chi connectivity index (χ3n) is 3.26. The van der Waals surface area contributed by atoms with E-state index in [1.54, 1.807) is 19.1 Å². The summed E-state index contributed by atoms with van der Waals surface area (Å²) in [5.74, 6) is 0.539. The van der Waals surface area contributed by atoms with E-state index >= 15 is 0 Å². The van der Waals surface area contributed by atoms with Gasteiger partial charge in [0.1, 0.15) is 0 Å². The van der Waals surface area contributed by atoms with Gasteiger partial charge in [-0.3, -0.25) is 0 Å². The smallest absolute Gasteiger partial charge is 0.316 e. The molecule has 0 bridgehead atoms. The Morgan fingerprint density at radius 1 is 1.29 bits per heavy atom. The normalized spacial score (nSPS) is 16.9. The molecule has 0 radical (unpaired) electrons. The number of rotatable bonds is 3. The molecule has 0 spiro atoms. The van der Waals surface area contributed by atoms with E-state index in [0.717, 1.165) is 19.5 Å². The molecule has 2 rings (SSSR count). The number of halogens is 3. The summed E-state index contributed by atoms with van der Waals surface area (Å²) in [6, 6.07) is 4.61. The molecule has 1 N–H and O–H groups in total. The standard InChI is InChI=1S/C13H16F3N/c1-9-2-4-11(5-3-10-7-17-8-10)12(6-9)13(14,15)16/h2,4,6,10,17H,3,5,7-8H2,1H3. The van der Waals surface area contributed by atoms with Gasteiger partial charge in [0.2, 0.25) is 0 Å². The van der Waals surface area contributed by atoms with E-state index in [2.05, 4.69) is 5.32 Å². The van der Waals surface area contributed by atoms with E-state index in [1.807, 2.05) is 0 Å². The average Bonchev–Trinajstić information content (AvgIpc) is 2.16. The lowest BCUT2D eigenvalue weighted by atomic mass is 9.92. The van der Waals surface area contributed by atoms with Gasteiger partial charge >= 0.3 is 6.18 Å². The van der Waals surface area contributed by atoms with Crippen LogP contribution in [0.3, 0.4) is 0 Å². The van der Waals surface area contributed by atoms with Crippen LogP contribution in [0.5, 0.6) is 0 Å². The van der Waals surface area contributed by atoms with Crippen molar-refractivity contribution in [3.63, 3.8) is 0 Å². The van der Waals surface area contributed by atoms with E-state index in [0.29, 0.717) is 23.5 Å². The summed E-state index contributed by atoms with van der Waals surface area (Å²) in [7, 11) is 0. The van der Waals surface area contributed by atoms with Gasteiger partial charge in [0.05, 0.1) is 5.56 Å². The van der Waals surface area contributed by atoms with Crippen molar-refractivity contribution < 1.29 is 13.2 Å². The van der Waals surface area contributed by atoms with Crippen LogP contribution in [0.4, 0.5) is 13.2 Å². The number of hydrogen-bond acceptors (Lipinski definition) is 1. The maximum atomic E-state index is 12.8. The minimum atomic E-state index is -4.24. The summed E-state index contributed by atoms with van der Waals surface area (Å²) >= 11 is 0. The van der Waals surface area contributed by atoms with Gasteiger partial charge < -0.3 is 5.32 Å². The summed E-state index contributed by atoms with van der Waals surface area (Å²) in [5, 5.41) is 3.13. The zero-order valence-electron chi connectivity index (χ0n) is 9.77. The van der Waals surface area contributed by atoms with E-state index in [1.165, 1.54) is 6.07 Å². The molecular formula is C13H16F3N. The lowest BCUT2D eigenvalue weighted by molar-refractivity contribution is -0.138. The molecule has 1 aliphatic rings. The number of alkyl halides is 3. The third-order valence-corrected chi connectivity index (χ3v) is 3.26. The fourth-order valence-electron chi connectivity index (χ4n) is 2.08. The maximum Gasteiger partial charge on any atom is 0.416 e. The van der Waals surface area contributed by atoms with Crippen LogP contribution in [-0.4, -0.2) is 13.1 Å². The van der Waals surface area contributed by atoms with Gasteiger partial charge in [0, 0.05) is 0 Å². The third kappa shape index (κ3) is 3.00. The molecule has 0 amide bonds. The molecule has 1 fully saturated rings. The Labute approximate surface area is 99.0 Å². The second-order valence-corrected chi connectivity index (χ2v) is 4.72. The first kappa shape index (κ1) is 12.4. The van der Waals surface area contributed by atoms with Crippen LogP contribution in [0.25, 0.3) is 0 Å². The molecule has 1 nitrogen and oxygen atoms in total. The number of hydrogen-bond donors (Lipinski definition) is 1. The van der Waals surface area contributed by atoms with E-state index in [4.69, 9.17) is 0 Å². The zero-order chi connectivity index (χ0) is 12.5. The second-order valence-electron chi connectivity index (χ2n) is 4.72. The van der Waals surface area contributed by atoms with Crippen molar-refractivity contribution in [2.75, 3.05) is 13.1 Å². The minimum Gasteiger partial charge on any atom is -0.316 e. The van der Waals surface area contributed by atoms with Gasteiger partial charge in [0.25, 0.3) is 0 Å². The maximum absolute atomic E-state index is 12.8. The van der Waals surface area contributed by atoms with Crippen molar-refractivity contribution in [1.29, 1.82) is 0 Å². The highest BCUT2D eigenvalue weighted by atomic mass is 19.4. The first-order valence-corrected chi connectivity index (χ1v) is 5.84. The van der Waals surface area contributed by atoms with E-state index in [-0.39, 0.29) is 0 Å². The Balaban J connectivity index is 2.13. The number of nitrogens with one attached hydrogen (secondary N) is 1. The zero-order valence-corrected chi connectivity index (χ0v) is 9.77. The Bertz CT molecular complexity index is 394. The van der Waals surface area contributed by atoms with Crippen molar-refractivity contribution in [1.82, 2.24) is 5.32 Å². The van der Waals surface area contributed by atoms with Gasteiger partial charge in [-0.15, -0.1) is 0 Å². The first-order chi connectivity index (χ1) is 7.97. The fourth-order valence-corrected chi connectivity index (χ4v) is 2.08. The molecule has 1 heterocycles. The SMILES string of the molecule is Cc1ccc(CCC2CNC2)c(C(F)(F)F)c1. The minimum absolute atomic E-state index is 0.426. The summed E-state index contributed by atoms with van der Waals surface area (Å²) in [4.78, 5) is 0. The topological polar surface area (TPSA) is 12.0 Å². The van der Waals surface area contributed by atoms with E-state index < -0.39 is 11.7 Å². The average molecular weight is 243 g/mol. The highest BCUT2D eigenvalue weighted by Gasteiger charge is 2.33. The van der Waals surface area contributed by atoms with Crippen molar-refractivity contribution in [3.05, 3.63) is 34.9 Å². The molecular weight excluding hydrogens is 227 g/mol. The van der Waals surface area contributed by atoms with Crippen LogP contribution in [0.1, 0.15) is 23.1 Å². The molecule has 0 aliphatic carbocycles. The van der Waals surface area contributed by atoms with Gasteiger partial charge in [-0.1, -0.05) is 17.7 Å². The van der Waals surface area contributed by atoms with Crippen molar-refractivity contribution in [2.45, 2.75) is 25.9 Å². The molecule has 94 valence electrons. The predicted octanol–water partition coefficient (Wildman–Crippen LogP) is 3.17. The van der Waals surface area contributed by atoms with Crippen LogP contribution in [0.2, 0.25) is 0 Å². The van der Waals surface area contributed by atoms with Crippen molar-refractivity contribution >= 4 is 0 Å². The highest BCUT2D eigenvalue weighted by molar-refractivity contribution is 5.33. The molecule has 1 aliphatic heterocycles. The monoisotopic (exact) mass is 243 g/mol. The lowest BCUT2D eigenvalue weighted by Crippen LogP contribution is -2.42.